The van der Waals surface area contributed by atoms with Gasteiger partial charge in [0.15, 0.2) is 5.75 Å². The Kier molecular flexibility index (Phi) is 6.87. The van der Waals surface area contributed by atoms with Gasteiger partial charge in [0.05, 0.1) is 11.5 Å². The van der Waals surface area contributed by atoms with E-state index in [0.717, 1.165) is 10.5 Å². The average molecular weight is 372 g/mol. The number of anilines is 1. The Hall–Kier alpha value is -3.42. The Morgan fingerprint density at radius 1 is 1.11 bits per heavy atom. The number of carbonyl (C=O) groups is 2. The first-order chi connectivity index (χ1) is 12.9. The Labute approximate surface area is 156 Å². The number of para-hydroxylation sites is 1. The predicted molar refractivity (Wildman–Crippen MR) is 98.5 cm³/mol. The third kappa shape index (κ3) is 5.27. The number of benzene rings is 2. The van der Waals surface area contributed by atoms with Crippen LogP contribution >= 0.6 is 0 Å². The van der Waals surface area contributed by atoms with E-state index in [0.29, 0.717) is 0 Å². The molecule has 2 aromatic rings. The lowest BCUT2D eigenvalue weighted by Gasteiger charge is -2.18. The number of esters is 1. The maximum Gasteiger partial charge on any atom is 0.334 e. The number of nitrogens with zero attached hydrogens (tertiary/aromatic N) is 2. The van der Waals surface area contributed by atoms with E-state index in [9.17, 15) is 19.7 Å². The third-order valence-corrected chi connectivity index (χ3v) is 3.73. The van der Waals surface area contributed by atoms with Gasteiger partial charge in [-0.15, -0.1) is 0 Å². The van der Waals surface area contributed by atoms with Gasteiger partial charge in [-0.1, -0.05) is 36.4 Å². The fourth-order valence-corrected chi connectivity index (χ4v) is 2.41. The molecule has 0 bridgehead atoms. The number of hydrogen-bond donors (Lipinski definition) is 0. The second kappa shape index (κ2) is 9.33. The van der Waals surface area contributed by atoms with Crippen molar-refractivity contribution in [1.82, 2.24) is 0 Å². The van der Waals surface area contributed by atoms with Crippen molar-refractivity contribution in [3.05, 3.63) is 64.2 Å². The highest BCUT2D eigenvalue weighted by molar-refractivity contribution is 6.04. The number of ether oxygens (including phenoxy) is 2. The maximum absolute atomic E-state index is 12.3. The number of hydrogen-bond acceptors (Lipinski definition) is 6. The smallest absolute Gasteiger partial charge is 0.334 e. The van der Waals surface area contributed by atoms with Gasteiger partial charge in [-0.25, -0.2) is 0 Å². The van der Waals surface area contributed by atoms with Crippen molar-refractivity contribution in [2.75, 3.05) is 18.6 Å². The van der Waals surface area contributed by atoms with E-state index in [4.69, 9.17) is 9.47 Å². The zero-order valence-corrected chi connectivity index (χ0v) is 15.1. The fourth-order valence-electron chi connectivity index (χ4n) is 2.41. The molecule has 142 valence electrons. The van der Waals surface area contributed by atoms with Crippen molar-refractivity contribution < 1.29 is 24.0 Å². The number of rotatable bonds is 8. The molecule has 27 heavy (non-hydrogen) atoms. The van der Waals surface area contributed by atoms with Crippen LogP contribution in [0.2, 0.25) is 0 Å². The second-order valence-electron chi connectivity index (χ2n) is 5.59. The van der Waals surface area contributed by atoms with Crippen LogP contribution in [0.25, 0.3) is 0 Å². The lowest BCUT2D eigenvalue weighted by Crippen LogP contribution is -2.29. The monoisotopic (exact) mass is 372 g/mol. The number of nitro benzene ring substituents is 1. The first-order valence-electron chi connectivity index (χ1n) is 8.30. The van der Waals surface area contributed by atoms with Crippen molar-refractivity contribution in [1.29, 1.82) is 0 Å². The quantitative estimate of drug-likeness (QED) is 0.306. The molecule has 1 amide bonds. The van der Waals surface area contributed by atoms with E-state index >= 15 is 0 Å². The van der Waals surface area contributed by atoms with Crippen molar-refractivity contribution in [3.8, 4) is 5.75 Å². The Morgan fingerprint density at radius 3 is 2.44 bits per heavy atom. The number of carbonyl (C=O) groups excluding carboxylic acids is 2. The summed E-state index contributed by atoms with van der Waals surface area (Å²) in [6.07, 6.45) is -0.503. The molecule has 2 rings (SSSR count). The molecular formula is C19H20N2O6. The van der Waals surface area contributed by atoms with Crippen molar-refractivity contribution in [2.24, 2.45) is 0 Å². The van der Waals surface area contributed by atoms with Crippen LogP contribution in [0.1, 0.15) is 18.9 Å². The zero-order chi connectivity index (χ0) is 19.8. The molecule has 0 saturated heterocycles. The van der Waals surface area contributed by atoms with Gasteiger partial charge in [-0.3, -0.25) is 19.7 Å². The average Bonchev–Trinajstić information content (AvgIpc) is 2.66. The lowest BCUT2D eigenvalue weighted by atomic mass is 10.2. The van der Waals surface area contributed by atoms with Crippen molar-refractivity contribution in [3.63, 3.8) is 0 Å². The Morgan fingerprint density at radius 2 is 1.81 bits per heavy atom. The molecule has 0 atom stereocenters. The van der Waals surface area contributed by atoms with E-state index in [2.05, 4.69) is 0 Å². The first-order valence-corrected chi connectivity index (χ1v) is 8.30. The molecule has 0 aliphatic rings. The highest BCUT2D eigenvalue weighted by Crippen LogP contribution is 2.37. The molecule has 0 spiro atoms. The minimum Gasteiger partial charge on any atom is -0.482 e. The van der Waals surface area contributed by atoms with Gasteiger partial charge in [0.2, 0.25) is 5.91 Å². The number of nitro groups is 1. The van der Waals surface area contributed by atoms with Crippen LogP contribution < -0.4 is 9.64 Å². The molecule has 0 unspecified atom stereocenters. The highest BCUT2D eigenvalue weighted by atomic mass is 16.6. The van der Waals surface area contributed by atoms with E-state index in [1.165, 1.54) is 19.2 Å². The molecule has 0 fully saturated rings. The highest BCUT2D eigenvalue weighted by Gasteiger charge is 2.27. The first kappa shape index (κ1) is 19.9. The summed E-state index contributed by atoms with van der Waals surface area (Å²) in [6, 6.07) is 13.7. The van der Waals surface area contributed by atoms with Gasteiger partial charge in [0.25, 0.3) is 0 Å². The topological polar surface area (TPSA) is 99.0 Å². The summed E-state index contributed by atoms with van der Waals surface area (Å²) in [5, 5.41) is 11.6. The molecule has 0 saturated carbocycles. The summed E-state index contributed by atoms with van der Waals surface area (Å²) in [7, 11) is 1.37. The summed E-state index contributed by atoms with van der Waals surface area (Å²) < 4.78 is 10.3. The molecule has 2 aromatic carbocycles. The largest absolute Gasteiger partial charge is 0.482 e. The molecule has 8 heteroatoms. The second-order valence-corrected chi connectivity index (χ2v) is 5.59. The molecule has 0 N–H and O–H groups in total. The molecule has 0 aliphatic carbocycles. The Bertz CT molecular complexity index is 822. The van der Waals surface area contributed by atoms with Crippen molar-refractivity contribution in [2.45, 2.75) is 20.0 Å². The van der Waals surface area contributed by atoms with E-state index in [1.807, 2.05) is 30.3 Å². The SMILES string of the molecule is CCOC(=O)CC(=O)N(C)c1cccc(OCc2ccccc2)c1[N+](=O)[O-]. The molecule has 8 nitrogen and oxygen atoms in total. The lowest BCUT2D eigenvalue weighted by molar-refractivity contribution is -0.385. The molecule has 0 aromatic heterocycles. The molecular weight excluding hydrogens is 352 g/mol. The normalized spacial score (nSPS) is 10.1. The van der Waals surface area contributed by atoms with E-state index in [1.54, 1.807) is 13.0 Å². The van der Waals surface area contributed by atoms with Crippen LogP contribution in [0.5, 0.6) is 5.75 Å². The van der Waals surface area contributed by atoms with Crippen molar-refractivity contribution >= 4 is 23.3 Å². The van der Waals surface area contributed by atoms with Gasteiger partial charge in [0.1, 0.15) is 18.7 Å². The van der Waals surface area contributed by atoms with Crippen LogP contribution in [0.15, 0.2) is 48.5 Å². The standard InChI is InChI=1S/C19H20N2O6/c1-3-26-18(23)12-17(22)20(2)15-10-7-11-16(19(15)21(24)25)27-13-14-8-5-4-6-9-14/h4-11H,3,12-13H2,1-2H3. The summed E-state index contributed by atoms with van der Waals surface area (Å²) >= 11 is 0. The molecule has 0 aliphatic heterocycles. The van der Waals surface area contributed by atoms with Crippen LogP contribution in [0.4, 0.5) is 11.4 Å². The van der Waals surface area contributed by atoms with Crippen LogP contribution in [0, 0.1) is 10.1 Å². The van der Waals surface area contributed by atoms with Crippen LogP contribution in [-0.4, -0.2) is 30.5 Å². The van der Waals surface area contributed by atoms with E-state index in [-0.39, 0.29) is 30.3 Å². The van der Waals surface area contributed by atoms with Gasteiger partial charge in [-0.05, 0) is 24.6 Å². The molecule has 0 radical (unpaired) electrons. The van der Waals surface area contributed by atoms with Gasteiger partial charge < -0.3 is 14.4 Å². The summed E-state index contributed by atoms with van der Waals surface area (Å²) in [5.74, 6) is -1.26. The predicted octanol–water partition coefficient (Wildman–Crippen LogP) is 3.09. The summed E-state index contributed by atoms with van der Waals surface area (Å²) in [6.45, 7) is 1.93. The summed E-state index contributed by atoms with van der Waals surface area (Å²) in [5.41, 5.74) is 0.553. The third-order valence-electron chi connectivity index (χ3n) is 3.73. The minimum absolute atomic E-state index is 0.0390. The van der Waals surface area contributed by atoms with Crippen LogP contribution in [0.3, 0.4) is 0 Å². The fraction of sp³-hybridized carbons (Fsp3) is 0.263. The minimum atomic E-state index is -0.687. The van der Waals surface area contributed by atoms with Gasteiger partial charge in [-0.2, -0.15) is 0 Å². The van der Waals surface area contributed by atoms with Gasteiger partial charge in [0, 0.05) is 7.05 Å². The van der Waals surface area contributed by atoms with Gasteiger partial charge >= 0.3 is 11.7 Å². The Balaban J connectivity index is 2.24. The van der Waals surface area contributed by atoms with Crippen LogP contribution in [-0.2, 0) is 20.9 Å². The summed E-state index contributed by atoms with van der Waals surface area (Å²) in [4.78, 5) is 35.8. The maximum atomic E-state index is 12.3. The number of amides is 1. The van der Waals surface area contributed by atoms with E-state index < -0.39 is 23.2 Å². The zero-order valence-electron chi connectivity index (χ0n) is 15.1. The molecule has 0 heterocycles.